The van der Waals surface area contributed by atoms with E-state index in [2.05, 4.69) is 32.6 Å². The Balaban J connectivity index is 1.67. The number of ketones is 1. The summed E-state index contributed by atoms with van der Waals surface area (Å²) in [5, 5.41) is 11.4. The second-order valence-electron chi connectivity index (χ2n) is 9.37. The van der Waals surface area contributed by atoms with E-state index in [0.29, 0.717) is 35.4 Å². The maximum absolute atomic E-state index is 11.9. The zero-order valence-corrected chi connectivity index (χ0v) is 16.0. The molecule has 5 unspecified atom stereocenters. The standard InChI is InChI=1S/C23H32O2/c1-4-5-10-23(25)12-9-20-21-15(2)13-16-14-17(24)6-7-18(16)19(21)8-11-22(20,23)3/h14-15,18-21,25H,4,6-9,11-13H2,1-3H3/t15?,18?,19?,20?,21?,22-,23-/m0/s1. The first kappa shape index (κ1) is 17.3. The third kappa shape index (κ3) is 2.46. The monoisotopic (exact) mass is 340 g/mol. The fourth-order valence-corrected chi connectivity index (χ4v) is 7.05. The van der Waals surface area contributed by atoms with E-state index in [1.165, 1.54) is 12.0 Å². The largest absolute Gasteiger partial charge is 0.377 e. The third-order valence-corrected chi connectivity index (χ3v) is 8.26. The van der Waals surface area contributed by atoms with Crippen LogP contribution in [-0.2, 0) is 4.79 Å². The predicted molar refractivity (Wildman–Crippen MR) is 99.7 cm³/mol. The average Bonchev–Trinajstić information content (AvgIpc) is 2.84. The van der Waals surface area contributed by atoms with Crippen molar-refractivity contribution in [2.24, 2.45) is 35.0 Å². The van der Waals surface area contributed by atoms with Crippen LogP contribution < -0.4 is 0 Å². The van der Waals surface area contributed by atoms with Crippen LogP contribution in [0, 0.1) is 46.8 Å². The van der Waals surface area contributed by atoms with Crippen LogP contribution in [0.3, 0.4) is 0 Å². The third-order valence-electron chi connectivity index (χ3n) is 8.26. The summed E-state index contributed by atoms with van der Waals surface area (Å²) in [6, 6.07) is 0. The summed E-state index contributed by atoms with van der Waals surface area (Å²) in [5.74, 6) is 10.00. The lowest BCUT2D eigenvalue weighted by Crippen LogP contribution is -2.54. The molecule has 2 nitrogen and oxygen atoms in total. The lowest BCUT2D eigenvalue weighted by molar-refractivity contribution is -0.117. The Kier molecular flexibility index (Phi) is 4.15. The second kappa shape index (κ2) is 5.98. The van der Waals surface area contributed by atoms with Crippen LogP contribution in [0.15, 0.2) is 11.6 Å². The Labute approximate surface area is 152 Å². The highest BCUT2D eigenvalue weighted by molar-refractivity contribution is 5.91. The fraction of sp³-hybridized carbons (Fsp3) is 0.783. The number of carbonyl (C=O) groups is 1. The Bertz CT molecular complexity index is 665. The molecule has 7 atom stereocenters. The van der Waals surface area contributed by atoms with Gasteiger partial charge >= 0.3 is 0 Å². The van der Waals surface area contributed by atoms with Gasteiger partial charge in [-0.2, -0.15) is 0 Å². The van der Waals surface area contributed by atoms with Crippen molar-refractivity contribution in [1.29, 1.82) is 0 Å². The highest BCUT2D eigenvalue weighted by Gasteiger charge is 2.63. The molecular formula is C23H32O2. The Hall–Kier alpha value is -1.07. The SMILES string of the molecule is CCC#C[C@]1(O)CCC2C3C(C)CC4=CC(=O)CCC4C3CC[C@@]21C. The van der Waals surface area contributed by atoms with Gasteiger partial charge in [0.05, 0.1) is 0 Å². The summed E-state index contributed by atoms with van der Waals surface area (Å²) in [6.07, 6.45) is 9.89. The summed E-state index contributed by atoms with van der Waals surface area (Å²) in [6.45, 7) is 6.76. The summed E-state index contributed by atoms with van der Waals surface area (Å²) < 4.78 is 0. The van der Waals surface area contributed by atoms with Crippen molar-refractivity contribution in [1.82, 2.24) is 0 Å². The summed E-state index contributed by atoms with van der Waals surface area (Å²) in [7, 11) is 0. The van der Waals surface area contributed by atoms with Crippen molar-refractivity contribution in [3.8, 4) is 11.8 Å². The molecule has 4 aliphatic carbocycles. The first-order valence-corrected chi connectivity index (χ1v) is 10.4. The van der Waals surface area contributed by atoms with Gasteiger partial charge in [0.1, 0.15) is 5.60 Å². The predicted octanol–water partition coefficient (Wildman–Crippen LogP) is 4.52. The Morgan fingerprint density at radius 3 is 2.84 bits per heavy atom. The van der Waals surface area contributed by atoms with Crippen LogP contribution in [0.2, 0.25) is 0 Å². The van der Waals surface area contributed by atoms with Crippen LogP contribution in [0.1, 0.15) is 72.1 Å². The van der Waals surface area contributed by atoms with Gasteiger partial charge in [-0.25, -0.2) is 0 Å². The highest BCUT2D eigenvalue weighted by Crippen LogP contribution is 2.65. The summed E-state index contributed by atoms with van der Waals surface area (Å²) >= 11 is 0. The number of rotatable bonds is 0. The second-order valence-corrected chi connectivity index (χ2v) is 9.37. The topological polar surface area (TPSA) is 37.3 Å². The number of hydrogen-bond acceptors (Lipinski definition) is 2. The molecule has 0 bridgehead atoms. The maximum atomic E-state index is 11.9. The van der Waals surface area contributed by atoms with Crippen LogP contribution in [-0.4, -0.2) is 16.5 Å². The van der Waals surface area contributed by atoms with Gasteiger partial charge in [0.15, 0.2) is 5.78 Å². The van der Waals surface area contributed by atoms with Crippen LogP contribution in [0.25, 0.3) is 0 Å². The van der Waals surface area contributed by atoms with E-state index in [1.54, 1.807) is 0 Å². The molecule has 3 fully saturated rings. The molecule has 0 amide bonds. The molecule has 0 aromatic heterocycles. The van der Waals surface area contributed by atoms with Crippen LogP contribution in [0.4, 0.5) is 0 Å². The molecule has 4 rings (SSSR count). The molecule has 0 saturated heterocycles. The van der Waals surface area contributed by atoms with E-state index < -0.39 is 5.60 Å². The molecule has 3 saturated carbocycles. The van der Waals surface area contributed by atoms with Gasteiger partial charge in [0.25, 0.3) is 0 Å². The number of allylic oxidation sites excluding steroid dienone is 1. The van der Waals surface area contributed by atoms with Gasteiger partial charge in [0.2, 0.25) is 0 Å². The van der Waals surface area contributed by atoms with Gasteiger partial charge in [0, 0.05) is 18.3 Å². The molecule has 0 aliphatic heterocycles. The maximum Gasteiger partial charge on any atom is 0.155 e. The van der Waals surface area contributed by atoms with Gasteiger partial charge in [-0.15, -0.1) is 5.92 Å². The molecule has 0 heterocycles. The van der Waals surface area contributed by atoms with Gasteiger partial charge < -0.3 is 5.11 Å². The minimum Gasteiger partial charge on any atom is -0.377 e. The van der Waals surface area contributed by atoms with E-state index in [1.807, 2.05) is 6.08 Å². The highest BCUT2D eigenvalue weighted by atomic mass is 16.3. The molecule has 0 spiro atoms. The zero-order chi connectivity index (χ0) is 17.8. The molecule has 0 aromatic carbocycles. The number of fused-ring (bicyclic) bond motifs is 5. The van der Waals surface area contributed by atoms with E-state index in [4.69, 9.17) is 0 Å². The van der Waals surface area contributed by atoms with Gasteiger partial charge in [-0.05, 0) is 74.2 Å². The minimum absolute atomic E-state index is 0.0592. The normalized spacial score (nSPS) is 48.6. The summed E-state index contributed by atoms with van der Waals surface area (Å²) in [4.78, 5) is 11.9. The fourth-order valence-electron chi connectivity index (χ4n) is 7.05. The van der Waals surface area contributed by atoms with E-state index in [9.17, 15) is 9.90 Å². The van der Waals surface area contributed by atoms with E-state index in [-0.39, 0.29) is 5.41 Å². The lowest BCUT2D eigenvalue weighted by Gasteiger charge is -2.56. The first-order valence-electron chi connectivity index (χ1n) is 10.4. The van der Waals surface area contributed by atoms with E-state index in [0.717, 1.165) is 44.9 Å². The zero-order valence-electron chi connectivity index (χ0n) is 16.0. The number of carbonyl (C=O) groups excluding carboxylic acids is 1. The van der Waals surface area contributed by atoms with Gasteiger partial charge in [-0.1, -0.05) is 32.3 Å². The quantitative estimate of drug-likeness (QED) is 0.658. The minimum atomic E-state index is -0.795. The van der Waals surface area contributed by atoms with E-state index >= 15 is 0 Å². The van der Waals surface area contributed by atoms with Crippen molar-refractivity contribution in [3.05, 3.63) is 11.6 Å². The lowest BCUT2D eigenvalue weighted by atomic mass is 9.48. The Morgan fingerprint density at radius 1 is 1.28 bits per heavy atom. The van der Waals surface area contributed by atoms with Crippen molar-refractivity contribution in [3.63, 3.8) is 0 Å². The molecule has 25 heavy (non-hydrogen) atoms. The van der Waals surface area contributed by atoms with Crippen LogP contribution in [0.5, 0.6) is 0 Å². The summed E-state index contributed by atoms with van der Waals surface area (Å²) in [5.41, 5.74) is 0.584. The Morgan fingerprint density at radius 2 is 2.08 bits per heavy atom. The van der Waals surface area contributed by atoms with Crippen molar-refractivity contribution < 1.29 is 9.90 Å². The molecule has 4 aliphatic rings. The van der Waals surface area contributed by atoms with Crippen molar-refractivity contribution in [2.45, 2.75) is 77.7 Å². The van der Waals surface area contributed by atoms with Crippen molar-refractivity contribution in [2.75, 3.05) is 0 Å². The molecule has 1 N–H and O–H groups in total. The molecule has 2 heteroatoms. The smallest absolute Gasteiger partial charge is 0.155 e. The first-order chi connectivity index (χ1) is 11.9. The van der Waals surface area contributed by atoms with Crippen LogP contribution >= 0.6 is 0 Å². The molecule has 0 aromatic rings. The van der Waals surface area contributed by atoms with Gasteiger partial charge in [-0.3, -0.25) is 4.79 Å². The number of hydrogen-bond donors (Lipinski definition) is 1. The molecular weight excluding hydrogens is 308 g/mol. The molecule has 136 valence electrons. The molecule has 0 radical (unpaired) electrons. The van der Waals surface area contributed by atoms with Crippen molar-refractivity contribution >= 4 is 5.78 Å². The average molecular weight is 341 g/mol. The number of aliphatic hydroxyl groups is 1.